The van der Waals surface area contributed by atoms with Gasteiger partial charge in [-0.15, -0.1) is 0 Å². The van der Waals surface area contributed by atoms with Gasteiger partial charge in [0.05, 0.1) is 12.7 Å². The van der Waals surface area contributed by atoms with Gasteiger partial charge in [-0.1, -0.05) is 20.8 Å². The summed E-state index contributed by atoms with van der Waals surface area (Å²) in [5.74, 6) is 0.332. The summed E-state index contributed by atoms with van der Waals surface area (Å²) in [6.07, 6.45) is -1.34. The molecule has 0 amide bonds. The van der Waals surface area contributed by atoms with E-state index in [1.165, 1.54) is 0 Å². The first-order chi connectivity index (χ1) is 10.4. The molecule has 1 aromatic heterocycles. The molecule has 0 saturated carbocycles. The van der Waals surface area contributed by atoms with Crippen molar-refractivity contribution < 1.29 is 23.5 Å². The summed E-state index contributed by atoms with van der Waals surface area (Å²) in [6, 6.07) is 1.55. The van der Waals surface area contributed by atoms with E-state index in [1.54, 1.807) is 19.9 Å². The maximum atomic E-state index is 11.8. The van der Waals surface area contributed by atoms with Crippen LogP contribution in [0.25, 0.3) is 0 Å². The average Bonchev–Trinajstić information content (AvgIpc) is 2.78. The van der Waals surface area contributed by atoms with E-state index < -0.39 is 26.5 Å². The van der Waals surface area contributed by atoms with Gasteiger partial charge in [0.1, 0.15) is 23.2 Å². The molecule has 0 bridgehead atoms. The van der Waals surface area contributed by atoms with E-state index in [0.717, 1.165) is 0 Å². The lowest BCUT2D eigenvalue weighted by Gasteiger charge is -2.39. The second-order valence-corrected chi connectivity index (χ2v) is 12.1. The molecule has 23 heavy (non-hydrogen) atoms. The molecule has 0 radical (unpaired) electrons. The zero-order valence-electron chi connectivity index (χ0n) is 15.5. The first kappa shape index (κ1) is 19.9. The fraction of sp³-hybridized carbons (Fsp3) is 0.706. The van der Waals surface area contributed by atoms with E-state index in [2.05, 4.69) is 33.9 Å². The summed E-state index contributed by atoms with van der Waals surface area (Å²) in [5.41, 5.74) is 0.348. The minimum Gasteiger partial charge on any atom is -0.463 e. The van der Waals surface area contributed by atoms with Gasteiger partial charge in [-0.05, 0) is 45.0 Å². The lowest BCUT2D eigenvalue weighted by Crippen LogP contribution is -2.44. The Morgan fingerprint density at radius 2 is 1.96 bits per heavy atom. The number of carbonyl (C=O) groups is 1. The number of aliphatic hydroxyl groups excluding tert-OH is 1. The van der Waals surface area contributed by atoms with Crippen LogP contribution in [0.5, 0.6) is 0 Å². The SMILES string of the molecule is CCOC(=O)c1cc([C@@H](O)[C@H](C)O[Si](C)(C)C(C)(C)C)oc1C. The largest absolute Gasteiger partial charge is 0.463 e. The maximum absolute atomic E-state index is 11.8. The van der Waals surface area contributed by atoms with Crippen LogP contribution >= 0.6 is 0 Å². The Labute approximate surface area is 140 Å². The monoisotopic (exact) mass is 342 g/mol. The molecular formula is C17H30O5Si. The maximum Gasteiger partial charge on any atom is 0.341 e. The number of hydrogen-bond acceptors (Lipinski definition) is 5. The molecule has 0 fully saturated rings. The van der Waals surface area contributed by atoms with E-state index in [-0.39, 0.29) is 5.04 Å². The Morgan fingerprint density at radius 3 is 2.43 bits per heavy atom. The van der Waals surface area contributed by atoms with E-state index in [1.807, 2.05) is 6.92 Å². The summed E-state index contributed by atoms with van der Waals surface area (Å²) in [7, 11) is -2.00. The molecule has 1 N–H and O–H groups in total. The van der Waals surface area contributed by atoms with E-state index >= 15 is 0 Å². The number of carbonyl (C=O) groups excluding carboxylic acids is 1. The summed E-state index contributed by atoms with van der Waals surface area (Å²) in [4.78, 5) is 11.8. The molecule has 0 spiro atoms. The van der Waals surface area contributed by atoms with Gasteiger partial charge in [0, 0.05) is 0 Å². The molecule has 0 saturated heterocycles. The first-order valence-corrected chi connectivity index (χ1v) is 10.9. The van der Waals surface area contributed by atoms with Gasteiger partial charge in [0.2, 0.25) is 0 Å². The third-order valence-corrected chi connectivity index (χ3v) is 9.03. The molecule has 6 heteroatoms. The van der Waals surface area contributed by atoms with Crippen LogP contribution in [0.15, 0.2) is 10.5 Å². The van der Waals surface area contributed by atoms with Gasteiger partial charge < -0.3 is 18.7 Å². The molecule has 0 unspecified atom stereocenters. The zero-order chi connectivity index (χ0) is 18.0. The van der Waals surface area contributed by atoms with Gasteiger partial charge in [-0.25, -0.2) is 4.79 Å². The molecule has 0 aliphatic carbocycles. The Bertz CT molecular complexity index is 542. The molecule has 0 aromatic carbocycles. The number of ether oxygens (including phenoxy) is 1. The molecule has 132 valence electrons. The van der Waals surface area contributed by atoms with Crippen LogP contribution in [0.4, 0.5) is 0 Å². The van der Waals surface area contributed by atoms with Gasteiger partial charge in [-0.2, -0.15) is 0 Å². The fourth-order valence-corrected chi connectivity index (χ4v) is 3.41. The smallest absolute Gasteiger partial charge is 0.341 e. The van der Waals surface area contributed by atoms with Crippen molar-refractivity contribution in [2.24, 2.45) is 0 Å². The topological polar surface area (TPSA) is 68.9 Å². The standard InChI is InChI=1S/C17H30O5Si/c1-9-20-16(19)13-10-14(21-11(13)2)15(18)12(3)22-23(7,8)17(4,5)6/h10,12,15,18H,9H2,1-8H3/t12-,15-/m0/s1. The van der Waals surface area contributed by atoms with E-state index in [9.17, 15) is 9.90 Å². The van der Waals surface area contributed by atoms with E-state index in [4.69, 9.17) is 13.6 Å². The van der Waals surface area contributed by atoms with Crippen LogP contribution in [-0.4, -0.2) is 32.1 Å². The second kappa shape index (κ2) is 7.19. The third kappa shape index (κ3) is 4.68. The Balaban J connectivity index is 2.91. The van der Waals surface area contributed by atoms with Crippen LogP contribution < -0.4 is 0 Å². The Hall–Kier alpha value is -1.11. The molecule has 0 aliphatic rings. The van der Waals surface area contributed by atoms with Crippen molar-refractivity contribution in [2.45, 2.75) is 71.9 Å². The van der Waals surface area contributed by atoms with Crippen molar-refractivity contribution in [1.82, 2.24) is 0 Å². The van der Waals surface area contributed by atoms with Crippen molar-refractivity contribution in [3.8, 4) is 0 Å². The number of furan rings is 1. The van der Waals surface area contributed by atoms with Crippen molar-refractivity contribution in [3.05, 3.63) is 23.2 Å². The summed E-state index contributed by atoms with van der Waals surface area (Å²) < 4.78 is 16.7. The van der Waals surface area contributed by atoms with Gasteiger partial charge >= 0.3 is 5.97 Å². The summed E-state index contributed by atoms with van der Waals surface area (Å²) in [6.45, 7) is 16.3. The lowest BCUT2D eigenvalue weighted by atomic mass is 10.1. The van der Waals surface area contributed by atoms with Gasteiger partial charge in [0.25, 0.3) is 0 Å². The summed E-state index contributed by atoms with van der Waals surface area (Å²) in [5, 5.41) is 10.6. The van der Waals surface area contributed by atoms with Gasteiger partial charge in [-0.3, -0.25) is 0 Å². The lowest BCUT2D eigenvalue weighted by molar-refractivity contribution is 0.0236. The minimum atomic E-state index is -2.00. The number of hydrogen-bond donors (Lipinski definition) is 1. The average molecular weight is 343 g/mol. The normalized spacial score (nSPS) is 15.3. The number of aliphatic hydroxyl groups is 1. The molecule has 0 aliphatic heterocycles. The fourth-order valence-electron chi connectivity index (χ4n) is 2.00. The van der Waals surface area contributed by atoms with Crippen LogP contribution in [0.3, 0.4) is 0 Å². The minimum absolute atomic E-state index is 0.0517. The summed E-state index contributed by atoms with van der Waals surface area (Å²) >= 11 is 0. The van der Waals surface area contributed by atoms with Crippen LogP contribution in [0, 0.1) is 6.92 Å². The molecule has 1 heterocycles. The van der Waals surface area contributed by atoms with E-state index in [0.29, 0.717) is 23.7 Å². The van der Waals surface area contributed by atoms with Crippen molar-refractivity contribution in [3.63, 3.8) is 0 Å². The third-order valence-electron chi connectivity index (χ3n) is 4.46. The molecular weight excluding hydrogens is 312 g/mol. The number of esters is 1. The number of rotatable bonds is 6. The second-order valence-electron chi connectivity index (χ2n) is 7.37. The van der Waals surface area contributed by atoms with Crippen molar-refractivity contribution in [1.29, 1.82) is 0 Å². The predicted octanol–water partition coefficient (Wildman–Crippen LogP) is 4.21. The zero-order valence-corrected chi connectivity index (χ0v) is 16.5. The molecule has 1 rings (SSSR count). The Morgan fingerprint density at radius 1 is 1.39 bits per heavy atom. The molecule has 2 atom stereocenters. The van der Waals surface area contributed by atoms with Crippen LogP contribution in [-0.2, 0) is 9.16 Å². The Kier molecular flexibility index (Phi) is 6.23. The molecule has 1 aromatic rings. The van der Waals surface area contributed by atoms with Crippen molar-refractivity contribution >= 4 is 14.3 Å². The first-order valence-electron chi connectivity index (χ1n) is 8.04. The molecule has 5 nitrogen and oxygen atoms in total. The van der Waals surface area contributed by atoms with Gasteiger partial charge in [0.15, 0.2) is 8.32 Å². The van der Waals surface area contributed by atoms with Crippen LogP contribution in [0.2, 0.25) is 18.1 Å². The quantitative estimate of drug-likeness (QED) is 0.619. The highest BCUT2D eigenvalue weighted by Gasteiger charge is 2.40. The van der Waals surface area contributed by atoms with Crippen LogP contribution in [0.1, 0.15) is 62.6 Å². The van der Waals surface area contributed by atoms with Crippen molar-refractivity contribution in [2.75, 3.05) is 6.61 Å². The predicted molar refractivity (Wildman–Crippen MR) is 92.1 cm³/mol. The highest BCUT2D eigenvalue weighted by molar-refractivity contribution is 6.74. The highest BCUT2D eigenvalue weighted by atomic mass is 28.4. The number of aryl methyl sites for hydroxylation is 1. The highest BCUT2D eigenvalue weighted by Crippen LogP contribution is 2.39.